The van der Waals surface area contributed by atoms with Crippen LogP contribution in [0.1, 0.15) is 52.4 Å². The van der Waals surface area contributed by atoms with E-state index in [0.717, 1.165) is 31.7 Å². The van der Waals surface area contributed by atoms with Gasteiger partial charge in [-0.15, -0.1) is 0 Å². The Morgan fingerprint density at radius 3 is 2.48 bits per heavy atom. The molecule has 0 radical (unpaired) electrons. The van der Waals surface area contributed by atoms with Crippen LogP contribution in [0.25, 0.3) is 0 Å². The van der Waals surface area contributed by atoms with E-state index in [1.54, 1.807) is 11.1 Å². The fourth-order valence-electron chi connectivity index (χ4n) is 1.93. The van der Waals surface area contributed by atoms with E-state index < -0.39 is 0 Å². The van der Waals surface area contributed by atoms with E-state index in [9.17, 15) is 9.59 Å². The monoisotopic (exact) mass is 295 g/mol. The zero-order valence-electron chi connectivity index (χ0n) is 13.5. The summed E-state index contributed by atoms with van der Waals surface area (Å²) in [6.45, 7) is 12.7. The number of hydrogen-bond donors (Lipinski definition) is 0. The molecular weight excluding hydrogens is 266 g/mol. The Morgan fingerprint density at radius 1 is 1.33 bits per heavy atom. The Morgan fingerprint density at radius 2 is 2.05 bits per heavy atom. The highest BCUT2D eigenvalue weighted by atomic mass is 16.5. The number of carbonyl (C=O) groups excluding carboxylic acids is 2. The van der Waals surface area contributed by atoms with Gasteiger partial charge in [0.2, 0.25) is 5.91 Å². The van der Waals surface area contributed by atoms with Gasteiger partial charge in [0.05, 0.1) is 6.61 Å². The lowest BCUT2D eigenvalue weighted by Crippen LogP contribution is -2.16. The Bertz CT molecular complexity index is 337. The lowest BCUT2D eigenvalue weighted by molar-refractivity contribution is -0.137. The molecule has 1 rings (SSSR count). The smallest absolute Gasteiger partial charge is 0.330 e. The first-order valence-corrected chi connectivity index (χ1v) is 7.72. The van der Waals surface area contributed by atoms with Crippen LogP contribution < -0.4 is 0 Å². The second-order valence-electron chi connectivity index (χ2n) is 5.49. The number of unbranched alkanes of at least 4 members (excludes halogenated alkanes) is 2. The van der Waals surface area contributed by atoms with Crippen LogP contribution in [0.15, 0.2) is 25.4 Å². The molecule has 0 spiro atoms. The summed E-state index contributed by atoms with van der Waals surface area (Å²) >= 11 is 0. The molecule has 1 heterocycles. The summed E-state index contributed by atoms with van der Waals surface area (Å²) in [4.78, 5) is 22.9. The molecule has 0 saturated carbocycles. The van der Waals surface area contributed by atoms with Crippen molar-refractivity contribution in [2.45, 2.75) is 52.4 Å². The van der Waals surface area contributed by atoms with E-state index in [0.29, 0.717) is 13.0 Å². The summed E-state index contributed by atoms with van der Waals surface area (Å²) in [7, 11) is 0. The lowest BCUT2D eigenvalue weighted by atomic mass is 10.1. The molecule has 0 atom stereocenters. The van der Waals surface area contributed by atoms with E-state index in [2.05, 4.69) is 27.0 Å². The van der Waals surface area contributed by atoms with Crippen molar-refractivity contribution in [2.75, 3.05) is 13.2 Å². The first-order valence-electron chi connectivity index (χ1n) is 7.72. The minimum Gasteiger partial charge on any atom is -0.463 e. The molecule has 0 aromatic rings. The minimum atomic E-state index is -0.316. The van der Waals surface area contributed by atoms with E-state index >= 15 is 0 Å². The Balaban J connectivity index is 0.000000423. The molecule has 0 aromatic heterocycles. The van der Waals surface area contributed by atoms with Gasteiger partial charge in [-0.2, -0.15) is 0 Å². The largest absolute Gasteiger partial charge is 0.463 e. The summed E-state index contributed by atoms with van der Waals surface area (Å²) in [5.41, 5.74) is 0. The molecule has 21 heavy (non-hydrogen) atoms. The Hall–Kier alpha value is -1.58. The van der Waals surface area contributed by atoms with Crippen LogP contribution in [0.2, 0.25) is 0 Å². The van der Waals surface area contributed by atoms with Gasteiger partial charge in [-0.1, -0.05) is 46.3 Å². The van der Waals surface area contributed by atoms with Gasteiger partial charge in [-0.05, 0) is 25.0 Å². The highest BCUT2D eigenvalue weighted by molar-refractivity contribution is 5.81. The third-order valence-corrected chi connectivity index (χ3v) is 3.17. The quantitative estimate of drug-likeness (QED) is 0.390. The molecule has 4 heteroatoms. The third-order valence-electron chi connectivity index (χ3n) is 3.17. The number of ether oxygens (including phenoxy) is 1. The van der Waals surface area contributed by atoms with Crippen molar-refractivity contribution in [3.63, 3.8) is 0 Å². The van der Waals surface area contributed by atoms with Crippen LogP contribution in [-0.2, 0) is 14.3 Å². The number of rotatable bonds is 8. The molecule has 1 saturated heterocycles. The van der Waals surface area contributed by atoms with Gasteiger partial charge in [0.1, 0.15) is 0 Å². The molecule has 0 N–H and O–H groups in total. The van der Waals surface area contributed by atoms with Crippen LogP contribution in [0.5, 0.6) is 0 Å². The molecule has 0 aliphatic carbocycles. The summed E-state index contributed by atoms with van der Waals surface area (Å²) in [5, 5.41) is 0. The second-order valence-corrected chi connectivity index (χ2v) is 5.49. The van der Waals surface area contributed by atoms with Crippen LogP contribution in [-0.4, -0.2) is 29.9 Å². The van der Waals surface area contributed by atoms with Gasteiger partial charge in [0, 0.05) is 19.0 Å². The SMILES string of the molecule is C=CC(=O)OCCCCCC(C)C.C=CN1CCCC1=O. The van der Waals surface area contributed by atoms with Crippen LogP contribution >= 0.6 is 0 Å². The summed E-state index contributed by atoms with van der Waals surface area (Å²) in [5.74, 6) is 0.666. The summed E-state index contributed by atoms with van der Waals surface area (Å²) < 4.78 is 4.84. The Kier molecular flexibility index (Phi) is 11.3. The maximum atomic E-state index is 10.7. The maximum Gasteiger partial charge on any atom is 0.330 e. The van der Waals surface area contributed by atoms with Gasteiger partial charge >= 0.3 is 5.97 Å². The van der Waals surface area contributed by atoms with E-state index in [1.807, 2.05) is 0 Å². The molecule has 1 aliphatic rings. The molecule has 1 fully saturated rings. The number of likely N-dealkylation sites (tertiary alicyclic amines) is 1. The van der Waals surface area contributed by atoms with Crippen molar-refractivity contribution in [3.8, 4) is 0 Å². The highest BCUT2D eigenvalue weighted by Crippen LogP contribution is 2.08. The fourth-order valence-corrected chi connectivity index (χ4v) is 1.93. The normalized spacial score (nSPS) is 13.7. The second kappa shape index (κ2) is 12.2. The first kappa shape index (κ1) is 19.4. The predicted octanol–water partition coefficient (Wildman–Crippen LogP) is 3.68. The molecule has 0 aromatic carbocycles. The summed E-state index contributed by atoms with van der Waals surface area (Å²) in [6.07, 6.45) is 9.08. The first-order chi connectivity index (χ1) is 10.0. The van der Waals surface area contributed by atoms with E-state index in [1.165, 1.54) is 18.9 Å². The zero-order valence-corrected chi connectivity index (χ0v) is 13.5. The van der Waals surface area contributed by atoms with Crippen molar-refractivity contribution in [3.05, 3.63) is 25.4 Å². The summed E-state index contributed by atoms with van der Waals surface area (Å²) in [6, 6.07) is 0. The fraction of sp³-hybridized carbons (Fsp3) is 0.647. The van der Waals surface area contributed by atoms with Crippen LogP contribution in [0.3, 0.4) is 0 Å². The van der Waals surface area contributed by atoms with Crippen LogP contribution in [0, 0.1) is 5.92 Å². The standard InChI is InChI=1S/C11H20O2.C6H9NO/c1-4-11(12)13-9-7-5-6-8-10(2)3;1-2-7-5-3-4-6(7)8/h4,10H,1,5-9H2,2-3H3;2H,1,3-5H2. The number of amides is 1. The molecular formula is C17H29NO3. The van der Waals surface area contributed by atoms with E-state index in [-0.39, 0.29) is 11.9 Å². The van der Waals surface area contributed by atoms with Crippen molar-refractivity contribution in [1.82, 2.24) is 4.90 Å². The van der Waals surface area contributed by atoms with Gasteiger partial charge in [-0.25, -0.2) is 4.79 Å². The number of nitrogens with zero attached hydrogens (tertiary/aromatic N) is 1. The van der Waals surface area contributed by atoms with Gasteiger partial charge < -0.3 is 9.64 Å². The predicted molar refractivity (Wildman–Crippen MR) is 85.6 cm³/mol. The van der Waals surface area contributed by atoms with Gasteiger partial charge in [0.15, 0.2) is 0 Å². The number of hydrogen-bond acceptors (Lipinski definition) is 3. The third kappa shape index (κ3) is 10.8. The van der Waals surface area contributed by atoms with Crippen molar-refractivity contribution in [1.29, 1.82) is 0 Å². The molecule has 1 amide bonds. The Labute approximate surface area is 128 Å². The highest BCUT2D eigenvalue weighted by Gasteiger charge is 2.15. The molecule has 0 bridgehead atoms. The van der Waals surface area contributed by atoms with Crippen molar-refractivity contribution < 1.29 is 14.3 Å². The number of esters is 1. The van der Waals surface area contributed by atoms with Crippen molar-refractivity contribution >= 4 is 11.9 Å². The maximum absolute atomic E-state index is 10.7. The van der Waals surface area contributed by atoms with Gasteiger partial charge in [0.25, 0.3) is 0 Å². The molecule has 1 aliphatic heterocycles. The van der Waals surface area contributed by atoms with Crippen molar-refractivity contribution in [2.24, 2.45) is 5.92 Å². The average molecular weight is 295 g/mol. The van der Waals surface area contributed by atoms with Gasteiger partial charge in [-0.3, -0.25) is 4.79 Å². The zero-order chi connectivity index (χ0) is 16.1. The minimum absolute atomic E-state index is 0.208. The van der Waals surface area contributed by atoms with E-state index in [4.69, 9.17) is 4.74 Å². The lowest BCUT2D eigenvalue weighted by Gasteiger charge is -2.05. The molecule has 4 nitrogen and oxygen atoms in total. The number of carbonyl (C=O) groups is 2. The average Bonchev–Trinajstić information content (AvgIpc) is 2.88. The van der Waals surface area contributed by atoms with Crippen LogP contribution in [0.4, 0.5) is 0 Å². The molecule has 120 valence electrons. The molecule has 0 unspecified atom stereocenters. The topological polar surface area (TPSA) is 46.6 Å².